The third kappa shape index (κ3) is 2.92. The molecule has 2 aliphatic rings. The molecule has 1 amide bonds. The van der Waals surface area contributed by atoms with Gasteiger partial charge in [-0.1, -0.05) is 6.07 Å². The standard InChI is InChI=1S/C18H18N2O3/c21-18(16-4-2-9-22-16)20-17-5-1-3-14(19-17)12-6-7-15-13(11-12)8-10-23-15/h1,3,5-7,11,16H,2,4,8-10H2,(H,19,20,21). The minimum absolute atomic E-state index is 0.116. The lowest BCUT2D eigenvalue weighted by Crippen LogP contribution is -2.27. The van der Waals surface area contributed by atoms with Crippen LogP contribution in [0.5, 0.6) is 5.75 Å². The number of anilines is 1. The Morgan fingerprint density at radius 2 is 2.17 bits per heavy atom. The highest BCUT2D eigenvalue weighted by molar-refractivity contribution is 5.93. The van der Waals surface area contributed by atoms with Crippen molar-refractivity contribution in [3.8, 4) is 17.0 Å². The lowest BCUT2D eigenvalue weighted by molar-refractivity contribution is -0.124. The van der Waals surface area contributed by atoms with Gasteiger partial charge in [0.15, 0.2) is 0 Å². The summed E-state index contributed by atoms with van der Waals surface area (Å²) < 4.78 is 10.9. The van der Waals surface area contributed by atoms with Crippen molar-refractivity contribution in [2.75, 3.05) is 18.5 Å². The summed E-state index contributed by atoms with van der Waals surface area (Å²) in [5, 5.41) is 2.85. The molecule has 0 aliphatic carbocycles. The molecule has 5 nitrogen and oxygen atoms in total. The van der Waals surface area contributed by atoms with Gasteiger partial charge in [0.05, 0.1) is 12.3 Å². The number of pyridine rings is 1. The fourth-order valence-electron chi connectivity index (χ4n) is 3.00. The number of aromatic nitrogens is 1. The number of carbonyl (C=O) groups excluding carboxylic acids is 1. The van der Waals surface area contributed by atoms with Crippen LogP contribution < -0.4 is 10.1 Å². The number of rotatable bonds is 3. The van der Waals surface area contributed by atoms with Crippen molar-refractivity contribution in [1.29, 1.82) is 0 Å². The smallest absolute Gasteiger partial charge is 0.254 e. The number of fused-ring (bicyclic) bond motifs is 1. The second-order valence-electron chi connectivity index (χ2n) is 5.82. The molecule has 23 heavy (non-hydrogen) atoms. The molecule has 1 saturated heterocycles. The molecule has 0 bridgehead atoms. The van der Waals surface area contributed by atoms with Gasteiger partial charge in [-0.05, 0) is 48.7 Å². The second-order valence-corrected chi connectivity index (χ2v) is 5.82. The number of hydrogen-bond acceptors (Lipinski definition) is 4. The van der Waals surface area contributed by atoms with Crippen molar-refractivity contribution in [2.45, 2.75) is 25.4 Å². The average Bonchev–Trinajstić information content (AvgIpc) is 3.26. The molecular weight excluding hydrogens is 292 g/mol. The van der Waals surface area contributed by atoms with Crippen LogP contribution in [0.25, 0.3) is 11.3 Å². The molecule has 2 aliphatic heterocycles. The molecule has 1 aromatic carbocycles. The SMILES string of the molecule is O=C(Nc1cccc(-c2ccc3c(c2)CCO3)n1)C1CCCO1. The maximum absolute atomic E-state index is 12.1. The average molecular weight is 310 g/mol. The fraction of sp³-hybridized carbons (Fsp3) is 0.333. The zero-order chi connectivity index (χ0) is 15.6. The highest BCUT2D eigenvalue weighted by Crippen LogP contribution is 2.30. The topological polar surface area (TPSA) is 60.5 Å². The molecule has 3 heterocycles. The van der Waals surface area contributed by atoms with Crippen LogP contribution >= 0.6 is 0 Å². The number of amides is 1. The maximum atomic E-state index is 12.1. The molecule has 0 spiro atoms. The van der Waals surface area contributed by atoms with E-state index >= 15 is 0 Å². The van der Waals surface area contributed by atoms with Gasteiger partial charge in [0, 0.05) is 18.6 Å². The first-order valence-electron chi connectivity index (χ1n) is 7.95. The predicted octanol–water partition coefficient (Wildman–Crippen LogP) is 2.80. The first kappa shape index (κ1) is 14.2. The summed E-state index contributed by atoms with van der Waals surface area (Å²) in [5.74, 6) is 1.39. The van der Waals surface area contributed by atoms with Gasteiger partial charge < -0.3 is 14.8 Å². The van der Waals surface area contributed by atoms with E-state index in [9.17, 15) is 4.79 Å². The van der Waals surface area contributed by atoms with E-state index in [0.29, 0.717) is 12.4 Å². The molecule has 5 heteroatoms. The Morgan fingerprint density at radius 3 is 3.04 bits per heavy atom. The number of carbonyl (C=O) groups is 1. The number of ether oxygens (including phenoxy) is 2. The van der Waals surface area contributed by atoms with E-state index in [2.05, 4.69) is 16.4 Å². The van der Waals surface area contributed by atoms with Gasteiger partial charge in [0.25, 0.3) is 5.91 Å². The van der Waals surface area contributed by atoms with Crippen LogP contribution in [-0.2, 0) is 16.0 Å². The van der Waals surface area contributed by atoms with E-state index in [0.717, 1.165) is 42.9 Å². The summed E-state index contributed by atoms with van der Waals surface area (Å²) in [6.07, 6.45) is 2.29. The molecule has 0 radical (unpaired) electrons. The highest BCUT2D eigenvalue weighted by Gasteiger charge is 2.23. The van der Waals surface area contributed by atoms with Crippen molar-refractivity contribution in [3.63, 3.8) is 0 Å². The van der Waals surface area contributed by atoms with E-state index in [4.69, 9.17) is 9.47 Å². The van der Waals surface area contributed by atoms with Crippen LogP contribution in [0, 0.1) is 0 Å². The summed E-state index contributed by atoms with van der Waals surface area (Å²) in [7, 11) is 0. The van der Waals surface area contributed by atoms with Crippen molar-refractivity contribution in [3.05, 3.63) is 42.0 Å². The van der Waals surface area contributed by atoms with Gasteiger partial charge in [-0.2, -0.15) is 0 Å². The maximum Gasteiger partial charge on any atom is 0.254 e. The minimum Gasteiger partial charge on any atom is -0.493 e. The number of nitrogens with zero attached hydrogens (tertiary/aromatic N) is 1. The Bertz CT molecular complexity index is 739. The van der Waals surface area contributed by atoms with E-state index in [-0.39, 0.29) is 12.0 Å². The molecule has 1 fully saturated rings. The van der Waals surface area contributed by atoms with Crippen LogP contribution in [0.15, 0.2) is 36.4 Å². The Labute approximate surface area is 134 Å². The molecular formula is C18H18N2O3. The molecule has 1 N–H and O–H groups in total. The van der Waals surface area contributed by atoms with E-state index in [1.54, 1.807) is 6.07 Å². The summed E-state index contributed by atoms with van der Waals surface area (Å²) in [4.78, 5) is 16.7. The third-order valence-corrected chi connectivity index (χ3v) is 4.21. The first-order valence-corrected chi connectivity index (χ1v) is 7.95. The van der Waals surface area contributed by atoms with Crippen LogP contribution in [0.2, 0.25) is 0 Å². The fourth-order valence-corrected chi connectivity index (χ4v) is 3.00. The lowest BCUT2D eigenvalue weighted by Gasteiger charge is -2.11. The van der Waals surface area contributed by atoms with Crippen LogP contribution in [0.1, 0.15) is 18.4 Å². The van der Waals surface area contributed by atoms with Crippen molar-refractivity contribution < 1.29 is 14.3 Å². The van der Waals surface area contributed by atoms with E-state index < -0.39 is 0 Å². The minimum atomic E-state index is -0.349. The van der Waals surface area contributed by atoms with Gasteiger partial charge >= 0.3 is 0 Å². The van der Waals surface area contributed by atoms with Gasteiger partial charge in [-0.25, -0.2) is 4.98 Å². The summed E-state index contributed by atoms with van der Waals surface area (Å²) in [6, 6.07) is 11.7. The van der Waals surface area contributed by atoms with Crippen molar-refractivity contribution in [2.24, 2.45) is 0 Å². The Hall–Kier alpha value is -2.40. The van der Waals surface area contributed by atoms with Gasteiger partial charge in [0.1, 0.15) is 17.7 Å². The normalized spacial score (nSPS) is 19.2. The zero-order valence-corrected chi connectivity index (χ0v) is 12.7. The monoisotopic (exact) mass is 310 g/mol. The van der Waals surface area contributed by atoms with Crippen LogP contribution in [0.4, 0.5) is 5.82 Å². The molecule has 1 atom stereocenters. The van der Waals surface area contributed by atoms with Gasteiger partial charge in [-0.3, -0.25) is 4.79 Å². The summed E-state index contributed by atoms with van der Waals surface area (Å²) in [5.41, 5.74) is 3.07. The summed E-state index contributed by atoms with van der Waals surface area (Å²) >= 11 is 0. The van der Waals surface area contributed by atoms with Gasteiger partial charge in [0.2, 0.25) is 0 Å². The second kappa shape index (κ2) is 6.01. The molecule has 2 aromatic rings. The molecule has 1 unspecified atom stereocenters. The Kier molecular flexibility index (Phi) is 3.71. The predicted molar refractivity (Wildman–Crippen MR) is 86.5 cm³/mol. The highest BCUT2D eigenvalue weighted by atomic mass is 16.5. The lowest BCUT2D eigenvalue weighted by atomic mass is 10.1. The van der Waals surface area contributed by atoms with Gasteiger partial charge in [-0.15, -0.1) is 0 Å². The third-order valence-electron chi connectivity index (χ3n) is 4.21. The molecule has 0 saturated carbocycles. The number of hydrogen-bond donors (Lipinski definition) is 1. The summed E-state index contributed by atoms with van der Waals surface area (Å²) in [6.45, 7) is 1.40. The quantitative estimate of drug-likeness (QED) is 0.947. The van der Waals surface area contributed by atoms with Crippen LogP contribution in [0.3, 0.4) is 0 Å². The zero-order valence-electron chi connectivity index (χ0n) is 12.7. The van der Waals surface area contributed by atoms with Crippen molar-refractivity contribution in [1.82, 2.24) is 4.98 Å². The Morgan fingerprint density at radius 1 is 1.22 bits per heavy atom. The number of benzene rings is 1. The van der Waals surface area contributed by atoms with Crippen molar-refractivity contribution >= 4 is 11.7 Å². The Balaban J connectivity index is 1.55. The van der Waals surface area contributed by atoms with E-state index in [1.807, 2.05) is 24.3 Å². The molecule has 4 rings (SSSR count). The number of nitrogens with one attached hydrogen (secondary N) is 1. The largest absolute Gasteiger partial charge is 0.493 e. The molecule has 1 aromatic heterocycles. The van der Waals surface area contributed by atoms with Crippen LogP contribution in [-0.4, -0.2) is 30.2 Å². The molecule has 118 valence electrons. The first-order chi connectivity index (χ1) is 11.3. The van der Waals surface area contributed by atoms with E-state index in [1.165, 1.54) is 5.56 Å².